The molecule has 0 spiro atoms. The van der Waals surface area contributed by atoms with Crippen molar-refractivity contribution >= 4 is 15.9 Å². The summed E-state index contributed by atoms with van der Waals surface area (Å²) in [5, 5.41) is 3.36. The average molecular weight is 320 g/mol. The van der Waals surface area contributed by atoms with E-state index in [4.69, 9.17) is 4.74 Å². The highest BCUT2D eigenvalue weighted by Crippen LogP contribution is 2.21. The lowest BCUT2D eigenvalue weighted by atomic mass is 10.2. The fourth-order valence-corrected chi connectivity index (χ4v) is 2.02. The smallest absolute Gasteiger partial charge is 0.119 e. The Kier molecular flexibility index (Phi) is 5.43. The van der Waals surface area contributed by atoms with Crippen LogP contribution < -0.4 is 10.1 Å². The Morgan fingerprint density at radius 3 is 2.63 bits per heavy atom. The first kappa shape index (κ1) is 14.1. The highest BCUT2D eigenvalue weighted by Gasteiger charge is 1.98. The van der Waals surface area contributed by atoms with Gasteiger partial charge in [-0.2, -0.15) is 0 Å². The van der Waals surface area contributed by atoms with Crippen molar-refractivity contribution in [2.24, 2.45) is 0 Å². The zero-order valence-electron chi connectivity index (χ0n) is 11.0. The van der Waals surface area contributed by atoms with Crippen LogP contribution >= 0.6 is 15.9 Å². The lowest BCUT2D eigenvalue weighted by molar-refractivity contribution is 0.313. The minimum Gasteiger partial charge on any atom is -0.492 e. The molecule has 0 unspecified atom stereocenters. The van der Waals surface area contributed by atoms with Crippen LogP contribution in [0.25, 0.3) is 0 Å². The van der Waals surface area contributed by atoms with Gasteiger partial charge in [0.2, 0.25) is 0 Å². The van der Waals surface area contributed by atoms with Crippen molar-refractivity contribution in [3.05, 3.63) is 64.1 Å². The maximum absolute atomic E-state index is 5.70. The third kappa shape index (κ3) is 4.69. The zero-order valence-corrected chi connectivity index (χ0v) is 12.6. The van der Waals surface area contributed by atoms with Crippen molar-refractivity contribution in [1.29, 1.82) is 0 Å². The standard InChI is InChI=1S/C16H18BrNO/c1-13-11-15(7-8-16(13)17)19-10-9-18-12-14-5-3-2-4-6-14/h2-8,11,18H,9-10,12H2,1H3. The molecule has 0 saturated carbocycles. The van der Waals surface area contributed by atoms with E-state index in [0.29, 0.717) is 6.61 Å². The van der Waals surface area contributed by atoms with Crippen LogP contribution in [0.2, 0.25) is 0 Å². The Morgan fingerprint density at radius 2 is 1.89 bits per heavy atom. The first-order valence-corrected chi connectivity index (χ1v) is 7.18. The molecule has 1 N–H and O–H groups in total. The minimum absolute atomic E-state index is 0.675. The molecule has 0 radical (unpaired) electrons. The van der Waals surface area contributed by atoms with Crippen LogP contribution in [0.3, 0.4) is 0 Å². The Hall–Kier alpha value is -1.32. The van der Waals surface area contributed by atoms with Gasteiger partial charge in [0, 0.05) is 17.6 Å². The number of halogens is 1. The molecular formula is C16H18BrNO. The molecule has 19 heavy (non-hydrogen) atoms. The van der Waals surface area contributed by atoms with Crippen molar-refractivity contribution in [3.63, 3.8) is 0 Å². The monoisotopic (exact) mass is 319 g/mol. The molecule has 0 saturated heterocycles. The summed E-state index contributed by atoms with van der Waals surface area (Å²) in [5.41, 5.74) is 2.48. The summed E-state index contributed by atoms with van der Waals surface area (Å²) < 4.78 is 6.81. The van der Waals surface area contributed by atoms with Crippen LogP contribution in [0.5, 0.6) is 5.75 Å². The van der Waals surface area contributed by atoms with Crippen LogP contribution in [0.1, 0.15) is 11.1 Å². The van der Waals surface area contributed by atoms with Gasteiger partial charge in [0.05, 0.1) is 0 Å². The number of benzene rings is 2. The van der Waals surface area contributed by atoms with E-state index in [2.05, 4.69) is 52.4 Å². The number of nitrogens with one attached hydrogen (secondary N) is 1. The van der Waals surface area contributed by atoms with Crippen molar-refractivity contribution in [1.82, 2.24) is 5.32 Å². The highest BCUT2D eigenvalue weighted by molar-refractivity contribution is 9.10. The molecular weight excluding hydrogens is 302 g/mol. The lowest BCUT2D eigenvalue weighted by Crippen LogP contribution is -2.20. The van der Waals surface area contributed by atoms with Crippen LogP contribution in [0.4, 0.5) is 0 Å². The van der Waals surface area contributed by atoms with Gasteiger partial charge in [0.25, 0.3) is 0 Å². The normalized spacial score (nSPS) is 10.4. The third-order valence-corrected chi connectivity index (χ3v) is 3.74. The van der Waals surface area contributed by atoms with Gasteiger partial charge in [-0.05, 0) is 36.2 Å². The maximum atomic E-state index is 5.70. The summed E-state index contributed by atoms with van der Waals surface area (Å²) in [5.74, 6) is 0.919. The summed E-state index contributed by atoms with van der Waals surface area (Å²) in [7, 11) is 0. The van der Waals surface area contributed by atoms with E-state index >= 15 is 0 Å². The second kappa shape index (κ2) is 7.31. The van der Waals surface area contributed by atoms with Gasteiger partial charge in [-0.25, -0.2) is 0 Å². The van der Waals surface area contributed by atoms with Crippen molar-refractivity contribution in [2.75, 3.05) is 13.2 Å². The fourth-order valence-electron chi connectivity index (χ4n) is 1.78. The summed E-state index contributed by atoms with van der Waals surface area (Å²) in [6.45, 7) is 4.45. The molecule has 3 heteroatoms. The SMILES string of the molecule is Cc1cc(OCCNCc2ccccc2)ccc1Br. The largest absolute Gasteiger partial charge is 0.492 e. The van der Waals surface area contributed by atoms with E-state index in [0.717, 1.165) is 23.3 Å². The lowest BCUT2D eigenvalue weighted by Gasteiger charge is -2.09. The molecule has 2 aromatic carbocycles. The number of aryl methyl sites for hydroxylation is 1. The Morgan fingerprint density at radius 1 is 1.11 bits per heavy atom. The van der Waals surface area contributed by atoms with Crippen molar-refractivity contribution < 1.29 is 4.74 Å². The highest BCUT2D eigenvalue weighted by atomic mass is 79.9. The number of rotatable bonds is 6. The molecule has 0 bridgehead atoms. The quantitative estimate of drug-likeness (QED) is 0.815. The number of hydrogen-bond acceptors (Lipinski definition) is 2. The molecule has 2 rings (SSSR count). The summed E-state index contributed by atoms with van der Waals surface area (Å²) in [6.07, 6.45) is 0. The van der Waals surface area contributed by atoms with Crippen molar-refractivity contribution in [2.45, 2.75) is 13.5 Å². The van der Waals surface area contributed by atoms with Gasteiger partial charge in [-0.3, -0.25) is 0 Å². The summed E-state index contributed by atoms with van der Waals surface area (Å²) in [4.78, 5) is 0. The molecule has 0 atom stereocenters. The molecule has 0 aliphatic heterocycles. The minimum atomic E-state index is 0.675. The Balaban J connectivity index is 1.68. The van der Waals surface area contributed by atoms with E-state index < -0.39 is 0 Å². The molecule has 0 fully saturated rings. The molecule has 0 heterocycles. The fraction of sp³-hybridized carbons (Fsp3) is 0.250. The van der Waals surface area contributed by atoms with Crippen LogP contribution in [0.15, 0.2) is 53.0 Å². The van der Waals surface area contributed by atoms with Gasteiger partial charge in [0.1, 0.15) is 12.4 Å². The third-order valence-electron chi connectivity index (χ3n) is 2.85. The molecule has 0 aliphatic carbocycles. The van der Waals surface area contributed by atoms with E-state index in [-0.39, 0.29) is 0 Å². The Labute approximate surface area is 122 Å². The van der Waals surface area contributed by atoms with Gasteiger partial charge in [0.15, 0.2) is 0 Å². The Bertz CT molecular complexity index is 513. The second-order valence-corrected chi connectivity index (χ2v) is 5.28. The van der Waals surface area contributed by atoms with E-state index in [1.54, 1.807) is 0 Å². The second-order valence-electron chi connectivity index (χ2n) is 4.42. The van der Waals surface area contributed by atoms with Gasteiger partial charge < -0.3 is 10.1 Å². The van der Waals surface area contributed by atoms with E-state index in [1.165, 1.54) is 11.1 Å². The first-order chi connectivity index (χ1) is 9.25. The topological polar surface area (TPSA) is 21.3 Å². The zero-order chi connectivity index (χ0) is 13.5. The predicted molar refractivity (Wildman–Crippen MR) is 82.5 cm³/mol. The molecule has 0 amide bonds. The molecule has 2 nitrogen and oxygen atoms in total. The molecule has 2 aromatic rings. The molecule has 0 aromatic heterocycles. The first-order valence-electron chi connectivity index (χ1n) is 6.39. The van der Waals surface area contributed by atoms with Gasteiger partial charge in [-0.1, -0.05) is 46.3 Å². The maximum Gasteiger partial charge on any atom is 0.119 e. The predicted octanol–water partition coefficient (Wildman–Crippen LogP) is 3.93. The number of hydrogen-bond donors (Lipinski definition) is 1. The van der Waals surface area contributed by atoms with Gasteiger partial charge in [-0.15, -0.1) is 0 Å². The number of ether oxygens (including phenoxy) is 1. The molecule has 100 valence electrons. The molecule has 0 aliphatic rings. The van der Waals surface area contributed by atoms with Crippen LogP contribution in [0, 0.1) is 6.92 Å². The van der Waals surface area contributed by atoms with Gasteiger partial charge >= 0.3 is 0 Å². The van der Waals surface area contributed by atoms with Crippen LogP contribution in [-0.2, 0) is 6.54 Å². The van der Waals surface area contributed by atoms with Crippen molar-refractivity contribution in [3.8, 4) is 5.75 Å². The summed E-state index contributed by atoms with van der Waals surface area (Å²) in [6, 6.07) is 16.4. The van der Waals surface area contributed by atoms with E-state index in [1.807, 2.05) is 24.3 Å². The van der Waals surface area contributed by atoms with Crippen LogP contribution in [-0.4, -0.2) is 13.2 Å². The average Bonchev–Trinajstić information content (AvgIpc) is 2.43. The van der Waals surface area contributed by atoms with E-state index in [9.17, 15) is 0 Å². The summed E-state index contributed by atoms with van der Waals surface area (Å²) >= 11 is 3.48.